The van der Waals surface area contributed by atoms with Gasteiger partial charge in [-0.05, 0) is 90.9 Å². The van der Waals surface area contributed by atoms with E-state index in [1.54, 1.807) is 36.9 Å². The Bertz CT molecular complexity index is 995. The molecule has 0 aromatic heterocycles. The maximum Gasteiger partial charge on any atom is 0.296 e. The normalized spacial score (nSPS) is 37.1. The summed E-state index contributed by atoms with van der Waals surface area (Å²) in [4.78, 5) is 0.183. The van der Waals surface area contributed by atoms with Crippen molar-refractivity contribution in [2.45, 2.75) is 70.6 Å². The van der Waals surface area contributed by atoms with Crippen molar-refractivity contribution in [1.82, 2.24) is 0 Å². The van der Waals surface area contributed by atoms with Gasteiger partial charge in [-0.15, -0.1) is 6.58 Å². The predicted octanol–water partition coefficient (Wildman–Crippen LogP) is 6.54. The fourth-order valence-electron chi connectivity index (χ4n) is 6.94. The molecule has 176 valence electrons. The lowest BCUT2D eigenvalue weighted by Crippen LogP contribution is -2.51. The average Bonchev–Trinajstić information content (AvgIpc) is 2.77. The lowest BCUT2D eigenvalue weighted by molar-refractivity contribution is -0.0490. The molecule has 32 heavy (non-hydrogen) atoms. The van der Waals surface area contributed by atoms with Crippen LogP contribution in [0.15, 0.2) is 53.5 Å². The minimum atomic E-state index is -3.80. The van der Waals surface area contributed by atoms with Gasteiger partial charge in [-0.2, -0.15) is 8.42 Å². The lowest BCUT2D eigenvalue weighted by atomic mass is 9.46. The molecule has 4 rings (SSSR count). The molecule has 0 unspecified atom stereocenters. The van der Waals surface area contributed by atoms with E-state index in [1.807, 2.05) is 0 Å². The Hall–Kier alpha value is -1.59. The van der Waals surface area contributed by atoms with Crippen LogP contribution in [0.2, 0.25) is 0 Å². The van der Waals surface area contributed by atoms with Gasteiger partial charge in [0.15, 0.2) is 0 Å². The second kappa shape index (κ2) is 8.32. The Morgan fingerprint density at radius 3 is 2.50 bits per heavy atom. The SMILES string of the molecule is C=C[C@@]1(C)CC=C2[C@@H](CC[C@@H]3[C@](C)(COS(=O)(=O)c4ccc(OC)cc4)CCC[C@@]23C)C1. The van der Waals surface area contributed by atoms with E-state index < -0.39 is 10.1 Å². The van der Waals surface area contributed by atoms with Crippen LogP contribution in [0.4, 0.5) is 0 Å². The highest BCUT2D eigenvalue weighted by atomic mass is 32.2. The van der Waals surface area contributed by atoms with Gasteiger partial charge in [0.2, 0.25) is 0 Å². The maximum absolute atomic E-state index is 12.9. The molecule has 3 aliphatic carbocycles. The summed E-state index contributed by atoms with van der Waals surface area (Å²) in [6.07, 6.45) is 12.5. The van der Waals surface area contributed by atoms with E-state index in [4.69, 9.17) is 8.92 Å². The quantitative estimate of drug-likeness (QED) is 0.359. The van der Waals surface area contributed by atoms with Gasteiger partial charge in [0.25, 0.3) is 10.1 Å². The van der Waals surface area contributed by atoms with Gasteiger partial charge in [-0.25, -0.2) is 0 Å². The summed E-state index contributed by atoms with van der Waals surface area (Å²) in [6, 6.07) is 6.42. The third kappa shape index (κ3) is 4.07. The number of methoxy groups -OCH3 is 1. The first-order chi connectivity index (χ1) is 15.1. The molecule has 0 amide bonds. The van der Waals surface area contributed by atoms with Crippen molar-refractivity contribution in [3.05, 3.63) is 48.6 Å². The van der Waals surface area contributed by atoms with Crippen LogP contribution >= 0.6 is 0 Å². The number of ether oxygens (including phenoxy) is 1. The smallest absolute Gasteiger partial charge is 0.296 e. The topological polar surface area (TPSA) is 52.6 Å². The van der Waals surface area contributed by atoms with Crippen molar-refractivity contribution in [1.29, 1.82) is 0 Å². The van der Waals surface area contributed by atoms with Gasteiger partial charge in [0, 0.05) is 0 Å². The summed E-state index contributed by atoms with van der Waals surface area (Å²) in [5, 5.41) is 0. The minimum Gasteiger partial charge on any atom is -0.497 e. The van der Waals surface area contributed by atoms with Gasteiger partial charge in [-0.1, -0.05) is 44.9 Å². The molecule has 3 aliphatic rings. The van der Waals surface area contributed by atoms with Crippen LogP contribution in [-0.4, -0.2) is 22.1 Å². The van der Waals surface area contributed by atoms with Crippen molar-refractivity contribution >= 4 is 10.1 Å². The zero-order valence-electron chi connectivity index (χ0n) is 20.0. The summed E-state index contributed by atoms with van der Waals surface area (Å²) < 4.78 is 36.7. The average molecular weight is 459 g/mol. The van der Waals surface area contributed by atoms with Gasteiger partial charge in [-0.3, -0.25) is 4.18 Å². The van der Waals surface area contributed by atoms with E-state index >= 15 is 0 Å². The van der Waals surface area contributed by atoms with Crippen molar-refractivity contribution in [2.24, 2.45) is 28.1 Å². The number of allylic oxidation sites excluding steroid dienone is 3. The molecule has 0 heterocycles. The summed E-state index contributed by atoms with van der Waals surface area (Å²) in [7, 11) is -2.24. The highest BCUT2D eigenvalue weighted by Gasteiger charge is 2.55. The molecular weight excluding hydrogens is 420 g/mol. The van der Waals surface area contributed by atoms with Crippen LogP contribution in [0.3, 0.4) is 0 Å². The molecule has 4 nitrogen and oxygen atoms in total. The molecule has 2 fully saturated rings. The van der Waals surface area contributed by atoms with Crippen molar-refractivity contribution in [3.63, 3.8) is 0 Å². The Morgan fingerprint density at radius 2 is 1.84 bits per heavy atom. The monoisotopic (exact) mass is 458 g/mol. The third-order valence-corrected chi connectivity index (χ3v) is 10.1. The molecule has 0 bridgehead atoms. The van der Waals surface area contributed by atoms with Gasteiger partial charge < -0.3 is 4.74 Å². The van der Waals surface area contributed by atoms with E-state index in [2.05, 4.69) is 39.5 Å². The lowest BCUT2D eigenvalue weighted by Gasteiger charge is -2.59. The number of fused-ring (bicyclic) bond motifs is 3. The van der Waals surface area contributed by atoms with E-state index in [-0.39, 0.29) is 27.7 Å². The summed E-state index contributed by atoms with van der Waals surface area (Å²) >= 11 is 0. The highest BCUT2D eigenvalue weighted by molar-refractivity contribution is 7.86. The number of rotatable bonds is 6. The van der Waals surface area contributed by atoms with Gasteiger partial charge in [0.1, 0.15) is 5.75 Å². The van der Waals surface area contributed by atoms with Crippen molar-refractivity contribution < 1.29 is 17.3 Å². The van der Waals surface area contributed by atoms with Crippen LogP contribution in [0.1, 0.15) is 65.7 Å². The maximum atomic E-state index is 12.9. The van der Waals surface area contributed by atoms with Crippen LogP contribution in [0.5, 0.6) is 5.75 Å². The van der Waals surface area contributed by atoms with E-state index in [1.165, 1.54) is 19.3 Å². The van der Waals surface area contributed by atoms with Crippen LogP contribution < -0.4 is 4.74 Å². The second-order valence-electron chi connectivity index (χ2n) is 11.1. The number of hydrogen-bond donors (Lipinski definition) is 0. The Labute approximate surface area is 194 Å². The fourth-order valence-corrected chi connectivity index (χ4v) is 7.97. The molecule has 2 saturated carbocycles. The van der Waals surface area contributed by atoms with Gasteiger partial charge >= 0.3 is 0 Å². The number of hydrogen-bond acceptors (Lipinski definition) is 4. The second-order valence-corrected chi connectivity index (χ2v) is 12.7. The first-order valence-electron chi connectivity index (χ1n) is 11.9. The van der Waals surface area contributed by atoms with Gasteiger partial charge in [0.05, 0.1) is 18.6 Å². The first-order valence-corrected chi connectivity index (χ1v) is 13.3. The van der Waals surface area contributed by atoms with Crippen LogP contribution in [0.25, 0.3) is 0 Å². The molecule has 1 aromatic carbocycles. The fraction of sp³-hybridized carbons (Fsp3) is 0.630. The molecule has 0 aliphatic heterocycles. The molecule has 0 N–H and O–H groups in total. The molecule has 1 aromatic rings. The summed E-state index contributed by atoms with van der Waals surface area (Å²) in [6.45, 7) is 11.3. The molecule has 0 radical (unpaired) electrons. The zero-order valence-corrected chi connectivity index (χ0v) is 20.8. The Balaban J connectivity index is 1.55. The Kier molecular flexibility index (Phi) is 6.13. The molecular formula is C27H38O4S. The predicted molar refractivity (Wildman–Crippen MR) is 128 cm³/mol. The zero-order chi connectivity index (χ0) is 23.2. The first kappa shape index (κ1) is 23.6. The van der Waals surface area contributed by atoms with E-state index in [0.29, 0.717) is 17.6 Å². The molecule has 5 atom stereocenters. The van der Waals surface area contributed by atoms with Crippen molar-refractivity contribution in [2.75, 3.05) is 13.7 Å². The standard InChI is InChI=1S/C27H38O4S/c1-6-25(2)17-14-23-20(18-25)8-13-24-26(3,15-7-16-27(23,24)4)19-31-32(28,29)22-11-9-21(30-5)10-12-22/h6,9-12,14,20,24H,1,7-8,13,15-19H2,2-5H3/t20-,24+,25-,26-,27-/m0/s1. The minimum absolute atomic E-state index is 0.131. The Morgan fingerprint density at radius 1 is 1.12 bits per heavy atom. The third-order valence-electron chi connectivity index (χ3n) is 8.84. The van der Waals surface area contributed by atoms with Crippen LogP contribution in [-0.2, 0) is 14.3 Å². The van der Waals surface area contributed by atoms with Crippen LogP contribution in [0, 0.1) is 28.1 Å². The van der Waals surface area contributed by atoms with Crippen molar-refractivity contribution in [3.8, 4) is 5.75 Å². The summed E-state index contributed by atoms with van der Waals surface area (Å²) in [5.41, 5.74) is 1.80. The highest BCUT2D eigenvalue weighted by Crippen LogP contribution is 2.63. The van der Waals surface area contributed by atoms with E-state index in [0.717, 1.165) is 25.7 Å². The molecule has 0 saturated heterocycles. The van der Waals surface area contributed by atoms with E-state index in [9.17, 15) is 8.42 Å². The molecule has 0 spiro atoms. The largest absolute Gasteiger partial charge is 0.497 e. The summed E-state index contributed by atoms with van der Waals surface area (Å²) in [5.74, 6) is 1.69. The number of benzene rings is 1. The molecule has 5 heteroatoms.